The molecular formula is C28H33N3O3. The molecule has 2 heterocycles. The maximum Gasteiger partial charge on any atom is 0.324 e. The number of aromatic nitrogens is 1. The van der Waals surface area contributed by atoms with Gasteiger partial charge in [0.15, 0.2) is 0 Å². The summed E-state index contributed by atoms with van der Waals surface area (Å²) in [6.07, 6.45) is 4.02. The summed E-state index contributed by atoms with van der Waals surface area (Å²) in [7, 11) is 0. The van der Waals surface area contributed by atoms with Crippen molar-refractivity contribution >= 4 is 18.0 Å². The van der Waals surface area contributed by atoms with Gasteiger partial charge in [-0.3, -0.25) is 5.32 Å². The Balaban J connectivity index is 1.35. The SMILES string of the molecule is Cc1noc(NC(=O)N2CC/C(=C\c3cccc(OC(C)Cc4ccccc4)c3)C(C)C2)c1C. The van der Waals surface area contributed by atoms with Crippen molar-refractivity contribution in [1.82, 2.24) is 10.1 Å². The third-order valence-corrected chi connectivity index (χ3v) is 6.38. The molecule has 1 aliphatic heterocycles. The van der Waals surface area contributed by atoms with Crippen LogP contribution in [0.15, 0.2) is 64.7 Å². The van der Waals surface area contributed by atoms with E-state index in [-0.39, 0.29) is 18.1 Å². The van der Waals surface area contributed by atoms with Gasteiger partial charge in [0.25, 0.3) is 0 Å². The van der Waals surface area contributed by atoms with Crippen molar-refractivity contribution in [3.8, 4) is 5.75 Å². The van der Waals surface area contributed by atoms with E-state index in [0.717, 1.165) is 35.4 Å². The van der Waals surface area contributed by atoms with Gasteiger partial charge in [-0.2, -0.15) is 0 Å². The molecule has 1 aromatic heterocycles. The second-order valence-electron chi connectivity index (χ2n) is 9.16. The number of piperidine rings is 1. The van der Waals surface area contributed by atoms with Crippen molar-refractivity contribution in [2.24, 2.45) is 5.92 Å². The number of rotatable bonds is 6. The van der Waals surface area contributed by atoms with Crippen molar-refractivity contribution in [2.75, 3.05) is 18.4 Å². The summed E-state index contributed by atoms with van der Waals surface area (Å²) in [5, 5.41) is 6.76. The molecule has 4 rings (SSSR count). The van der Waals surface area contributed by atoms with Gasteiger partial charge in [-0.15, -0.1) is 0 Å². The number of carbonyl (C=O) groups excluding carboxylic acids is 1. The second-order valence-corrected chi connectivity index (χ2v) is 9.16. The summed E-state index contributed by atoms with van der Waals surface area (Å²) in [6.45, 7) is 9.34. The lowest BCUT2D eigenvalue weighted by molar-refractivity contribution is 0.197. The first-order chi connectivity index (χ1) is 16.4. The summed E-state index contributed by atoms with van der Waals surface area (Å²) in [6, 6.07) is 18.5. The number of hydrogen-bond acceptors (Lipinski definition) is 4. The zero-order valence-corrected chi connectivity index (χ0v) is 20.4. The molecule has 0 spiro atoms. The number of nitrogens with one attached hydrogen (secondary N) is 1. The maximum absolute atomic E-state index is 12.7. The Kier molecular flexibility index (Phi) is 7.36. The molecule has 0 bridgehead atoms. The van der Waals surface area contributed by atoms with Gasteiger partial charge in [-0.25, -0.2) is 4.79 Å². The molecule has 2 aromatic carbocycles. The van der Waals surface area contributed by atoms with Gasteiger partial charge in [0, 0.05) is 25.1 Å². The second kappa shape index (κ2) is 10.6. The number of aryl methyl sites for hydroxylation is 1. The summed E-state index contributed by atoms with van der Waals surface area (Å²) in [5.74, 6) is 1.56. The Morgan fingerprint density at radius 1 is 1.24 bits per heavy atom. The van der Waals surface area contributed by atoms with E-state index in [2.05, 4.69) is 66.8 Å². The van der Waals surface area contributed by atoms with E-state index in [1.54, 1.807) is 0 Å². The van der Waals surface area contributed by atoms with Crippen molar-refractivity contribution in [2.45, 2.75) is 46.6 Å². The molecule has 2 atom stereocenters. The van der Waals surface area contributed by atoms with Gasteiger partial charge < -0.3 is 14.2 Å². The molecule has 1 saturated heterocycles. The predicted molar refractivity (Wildman–Crippen MR) is 135 cm³/mol. The lowest BCUT2D eigenvalue weighted by Gasteiger charge is -2.33. The number of amides is 2. The highest BCUT2D eigenvalue weighted by atomic mass is 16.5. The van der Waals surface area contributed by atoms with Gasteiger partial charge in [0.05, 0.1) is 11.8 Å². The van der Waals surface area contributed by atoms with Gasteiger partial charge in [0.2, 0.25) is 5.88 Å². The zero-order chi connectivity index (χ0) is 24.1. The standard InChI is InChI=1S/C28H33N3O3/c1-19-18-31(28(32)29-27-21(3)22(4)30-34-27)14-13-25(19)16-24-11-8-12-26(17-24)33-20(2)15-23-9-6-5-7-10-23/h5-12,16-17,19-20H,13-15,18H2,1-4H3,(H,29,32)/b25-16+. The van der Waals surface area contributed by atoms with Crippen LogP contribution >= 0.6 is 0 Å². The molecule has 6 nitrogen and oxygen atoms in total. The van der Waals surface area contributed by atoms with E-state index in [1.165, 1.54) is 11.1 Å². The molecule has 2 unspecified atom stereocenters. The highest BCUT2D eigenvalue weighted by Crippen LogP contribution is 2.27. The van der Waals surface area contributed by atoms with Crippen LogP contribution in [0.5, 0.6) is 5.75 Å². The van der Waals surface area contributed by atoms with Crippen LogP contribution in [0.3, 0.4) is 0 Å². The number of likely N-dealkylation sites (tertiary alicyclic amines) is 1. The zero-order valence-electron chi connectivity index (χ0n) is 20.4. The van der Waals surface area contributed by atoms with Crippen molar-refractivity contribution in [3.63, 3.8) is 0 Å². The smallest absolute Gasteiger partial charge is 0.324 e. The first-order valence-electron chi connectivity index (χ1n) is 11.9. The van der Waals surface area contributed by atoms with Crippen LogP contribution in [0.2, 0.25) is 0 Å². The van der Waals surface area contributed by atoms with Crippen LogP contribution in [-0.2, 0) is 6.42 Å². The maximum atomic E-state index is 12.7. The fraction of sp³-hybridized carbons (Fsp3) is 0.357. The fourth-order valence-electron chi connectivity index (χ4n) is 4.27. The van der Waals surface area contributed by atoms with Crippen LogP contribution in [0.4, 0.5) is 10.7 Å². The third kappa shape index (κ3) is 5.87. The van der Waals surface area contributed by atoms with Gasteiger partial charge >= 0.3 is 6.03 Å². The van der Waals surface area contributed by atoms with Crippen molar-refractivity contribution in [3.05, 3.63) is 82.6 Å². The molecule has 1 N–H and O–H groups in total. The highest BCUT2D eigenvalue weighted by molar-refractivity contribution is 5.88. The highest BCUT2D eigenvalue weighted by Gasteiger charge is 2.25. The van der Waals surface area contributed by atoms with Crippen LogP contribution in [-0.4, -0.2) is 35.3 Å². The summed E-state index contributed by atoms with van der Waals surface area (Å²) < 4.78 is 11.4. The number of hydrogen-bond donors (Lipinski definition) is 1. The Morgan fingerprint density at radius 2 is 2.03 bits per heavy atom. The van der Waals surface area contributed by atoms with E-state index in [1.807, 2.05) is 36.9 Å². The number of anilines is 1. The van der Waals surface area contributed by atoms with E-state index in [0.29, 0.717) is 19.0 Å². The topological polar surface area (TPSA) is 67.6 Å². The van der Waals surface area contributed by atoms with Crippen molar-refractivity contribution in [1.29, 1.82) is 0 Å². The van der Waals surface area contributed by atoms with Crippen LogP contribution in [0.1, 0.15) is 42.7 Å². The summed E-state index contributed by atoms with van der Waals surface area (Å²) in [4.78, 5) is 14.5. The third-order valence-electron chi connectivity index (χ3n) is 6.38. The Bertz CT molecular complexity index is 1150. The largest absolute Gasteiger partial charge is 0.490 e. The molecule has 0 saturated carbocycles. The monoisotopic (exact) mass is 459 g/mol. The molecule has 3 aromatic rings. The van der Waals surface area contributed by atoms with Gasteiger partial charge in [-0.05, 0) is 56.4 Å². The predicted octanol–water partition coefficient (Wildman–Crippen LogP) is 6.26. The van der Waals surface area contributed by atoms with Crippen LogP contribution in [0, 0.1) is 19.8 Å². The minimum absolute atomic E-state index is 0.0859. The molecule has 178 valence electrons. The van der Waals surface area contributed by atoms with E-state index in [4.69, 9.17) is 9.26 Å². The summed E-state index contributed by atoms with van der Waals surface area (Å²) >= 11 is 0. The number of ether oxygens (including phenoxy) is 1. The van der Waals surface area contributed by atoms with Gasteiger partial charge in [0.1, 0.15) is 5.75 Å². The normalized spacial score (nSPS) is 18.1. The lowest BCUT2D eigenvalue weighted by atomic mass is 9.91. The molecular weight excluding hydrogens is 426 g/mol. The Hall–Kier alpha value is -3.54. The fourth-order valence-corrected chi connectivity index (χ4v) is 4.27. The minimum atomic E-state index is -0.145. The van der Waals surface area contributed by atoms with E-state index < -0.39 is 0 Å². The van der Waals surface area contributed by atoms with Crippen LogP contribution in [0.25, 0.3) is 6.08 Å². The number of nitrogens with zero attached hydrogens (tertiary/aromatic N) is 2. The molecule has 1 fully saturated rings. The van der Waals surface area contributed by atoms with E-state index in [9.17, 15) is 4.79 Å². The number of carbonyl (C=O) groups is 1. The molecule has 0 aliphatic carbocycles. The van der Waals surface area contributed by atoms with E-state index >= 15 is 0 Å². The number of benzene rings is 2. The molecule has 0 radical (unpaired) electrons. The van der Waals surface area contributed by atoms with Gasteiger partial charge in [-0.1, -0.05) is 66.2 Å². The average Bonchev–Trinajstić information content (AvgIpc) is 3.13. The first-order valence-corrected chi connectivity index (χ1v) is 11.9. The Morgan fingerprint density at radius 3 is 2.74 bits per heavy atom. The lowest BCUT2D eigenvalue weighted by Crippen LogP contribution is -2.42. The van der Waals surface area contributed by atoms with Crippen LogP contribution < -0.4 is 10.1 Å². The van der Waals surface area contributed by atoms with Crippen molar-refractivity contribution < 1.29 is 14.1 Å². The molecule has 6 heteroatoms. The minimum Gasteiger partial charge on any atom is -0.490 e. The molecule has 34 heavy (non-hydrogen) atoms. The first kappa shape index (κ1) is 23.6. The molecule has 2 amide bonds. The average molecular weight is 460 g/mol. The molecule has 1 aliphatic rings. The number of urea groups is 1. The summed E-state index contributed by atoms with van der Waals surface area (Å²) in [5.41, 5.74) is 5.38. The quantitative estimate of drug-likeness (QED) is 0.472. The Labute approximate surface area is 201 Å².